The Kier molecular flexibility index (Phi) is 27.0. The highest BCUT2D eigenvalue weighted by Gasteiger charge is 2.16. The first-order valence-corrected chi connectivity index (χ1v) is 10.4. The number of halogens is 1. The fourth-order valence-corrected chi connectivity index (χ4v) is 2.47. The van der Waals surface area contributed by atoms with Crippen LogP contribution in [0.3, 0.4) is 0 Å². The lowest BCUT2D eigenvalue weighted by Gasteiger charge is -2.36. The molecular weight excluding hydrogens is 340 g/mol. The lowest BCUT2D eigenvalue weighted by Crippen LogP contribution is -2.46. The molecule has 0 bridgehead atoms. The smallest absolute Gasteiger partial charge is 0.0426 e. The van der Waals surface area contributed by atoms with E-state index in [-0.39, 0.29) is 0 Å². The number of piperazine rings is 1. The van der Waals surface area contributed by atoms with E-state index in [1.54, 1.807) is 6.08 Å². The molecule has 2 rings (SSSR count). The second-order valence-corrected chi connectivity index (χ2v) is 5.51. The zero-order chi connectivity index (χ0) is 20.8. The Labute approximate surface area is 169 Å². The minimum absolute atomic E-state index is 0.830. The molecule has 1 saturated heterocycles. The highest BCUT2D eigenvalue weighted by Crippen LogP contribution is 2.20. The van der Waals surface area contributed by atoms with Crippen LogP contribution in [0.4, 0.5) is 5.69 Å². The summed E-state index contributed by atoms with van der Waals surface area (Å²) in [5.74, 6) is 0. The lowest BCUT2D eigenvalue weighted by molar-refractivity contribution is 0.254. The first-order valence-electron chi connectivity index (χ1n) is 10.0. The molecule has 0 spiro atoms. The molecule has 1 aromatic rings. The summed E-state index contributed by atoms with van der Waals surface area (Å²) in [5.41, 5.74) is 1.26. The number of hydrogen-bond acceptors (Lipinski definition) is 2. The van der Waals surface area contributed by atoms with E-state index < -0.39 is 0 Å². The second kappa shape index (κ2) is 23.8. The largest absolute Gasteiger partial charge is 0.369 e. The summed E-state index contributed by atoms with van der Waals surface area (Å²) in [7, 11) is 0. The Bertz CT molecular complexity index is 399. The van der Waals surface area contributed by atoms with Crippen molar-refractivity contribution in [1.29, 1.82) is 0 Å². The summed E-state index contributed by atoms with van der Waals surface area (Å²) >= 11 is 6.02. The van der Waals surface area contributed by atoms with Gasteiger partial charge in [-0.2, -0.15) is 0 Å². The number of nitrogens with zero attached hydrogens (tertiary/aromatic N) is 2. The lowest BCUT2D eigenvalue weighted by atomic mass is 10.2. The summed E-state index contributed by atoms with van der Waals surface area (Å²) in [5, 5.41) is 0.830. The molecule has 1 aromatic carbocycles. The molecule has 1 aliphatic rings. The molecule has 1 aliphatic heterocycles. The predicted molar refractivity (Wildman–Crippen MR) is 125 cm³/mol. The summed E-state index contributed by atoms with van der Waals surface area (Å²) < 4.78 is 0. The zero-order valence-electron chi connectivity index (χ0n) is 18.2. The van der Waals surface area contributed by atoms with Crippen LogP contribution in [-0.2, 0) is 0 Å². The maximum Gasteiger partial charge on any atom is 0.0426 e. The van der Waals surface area contributed by atoms with E-state index in [9.17, 15) is 0 Å². The Hall–Kier alpha value is -1.25. The average molecular weight is 383 g/mol. The van der Waals surface area contributed by atoms with Gasteiger partial charge in [0.2, 0.25) is 0 Å². The van der Waals surface area contributed by atoms with Gasteiger partial charge < -0.3 is 4.90 Å². The van der Waals surface area contributed by atoms with Gasteiger partial charge in [0.25, 0.3) is 0 Å². The molecule has 0 N–H and O–H groups in total. The van der Waals surface area contributed by atoms with E-state index in [0.29, 0.717) is 0 Å². The van der Waals surface area contributed by atoms with Crippen molar-refractivity contribution in [3.05, 3.63) is 55.1 Å². The van der Waals surface area contributed by atoms with Gasteiger partial charge in [-0.1, -0.05) is 64.8 Å². The van der Waals surface area contributed by atoms with Crippen LogP contribution in [0, 0.1) is 0 Å². The average Bonchev–Trinajstić information content (AvgIpc) is 2.72. The maximum atomic E-state index is 6.02. The van der Waals surface area contributed by atoms with Crippen LogP contribution in [0.15, 0.2) is 50.1 Å². The van der Waals surface area contributed by atoms with E-state index >= 15 is 0 Å². The van der Waals surface area contributed by atoms with Crippen molar-refractivity contribution in [2.45, 2.75) is 54.4 Å². The van der Waals surface area contributed by atoms with Crippen LogP contribution >= 0.6 is 11.6 Å². The van der Waals surface area contributed by atoms with Crippen LogP contribution in [0.25, 0.3) is 0 Å². The van der Waals surface area contributed by atoms with Crippen molar-refractivity contribution >= 4 is 17.3 Å². The first kappa shape index (κ1) is 29.5. The Morgan fingerprint density at radius 2 is 1.54 bits per heavy atom. The van der Waals surface area contributed by atoms with E-state index in [2.05, 4.69) is 48.6 Å². The van der Waals surface area contributed by atoms with Gasteiger partial charge >= 0.3 is 0 Å². The molecule has 0 aliphatic carbocycles. The molecule has 1 fully saturated rings. The highest BCUT2D eigenvalue weighted by molar-refractivity contribution is 6.30. The van der Waals surface area contributed by atoms with Crippen LogP contribution < -0.4 is 4.90 Å². The monoisotopic (exact) mass is 382 g/mol. The molecule has 0 radical (unpaired) electrons. The molecule has 3 heteroatoms. The molecule has 1 heterocycles. The molecule has 26 heavy (non-hydrogen) atoms. The highest BCUT2D eigenvalue weighted by atomic mass is 35.5. The van der Waals surface area contributed by atoms with Gasteiger partial charge in [-0.25, -0.2) is 0 Å². The first-order chi connectivity index (χ1) is 12.7. The molecule has 0 aromatic heterocycles. The van der Waals surface area contributed by atoms with Gasteiger partial charge in [-0.3, -0.25) is 4.90 Å². The summed E-state index contributed by atoms with van der Waals surface area (Å²) in [6.07, 6.45) is 4.35. The Morgan fingerprint density at radius 1 is 1.04 bits per heavy atom. The van der Waals surface area contributed by atoms with Gasteiger partial charge in [0.05, 0.1) is 0 Å². The number of benzene rings is 1. The molecular formula is C23H43ClN2. The third-order valence-electron chi connectivity index (χ3n) is 3.37. The van der Waals surface area contributed by atoms with Gasteiger partial charge in [0, 0.05) is 36.9 Å². The number of rotatable bonds is 4. The summed E-state index contributed by atoms with van der Waals surface area (Å²) in [6.45, 7) is 27.3. The van der Waals surface area contributed by atoms with E-state index in [1.165, 1.54) is 38.2 Å². The van der Waals surface area contributed by atoms with Crippen molar-refractivity contribution < 1.29 is 0 Å². The van der Waals surface area contributed by atoms with Crippen molar-refractivity contribution in [2.24, 2.45) is 0 Å². The minimum atomic E-state index is 0.830. The third-order valence-corrected chi connectivity index (χ3v) is 3.61. The minimum Gasteiger partial charge on any atom is -0.369 e. The van der Waals surface area contributed by atoms with Gasteiger partial charge in [-0.15, -0.1) is 19.7 Å². The quantitative estimate of drug-likeness (QED) is 0.503. The molecule has 0 unspecified atom stereocenters. The normalized spacial score (nSPS) is 12.5. The van der Waals surface area contributed by atoms with E-state index in [0.717, 1.165) is 18.1 Å². The Morgan fingerprint density at radius 3 is 1.96 bits per heavy atom. The number of allylic oxidation sites excluding steroid dienone is 1. The molecule has 0 amide bonds. The van der Waals surface area contributed by atoms with Gasteiger partial charge in [0.15, 0.2) is 0 Å². The standard InChI is InChI=1S/C14H21ClN2.C3H6.2C2H6.C2H4/c1-2-3-7-16-8-10-17(11-9-16)14-6-4-5-13(15)12-14;1-3-2;3*1-2/h4-6,12H,2-3,7-11H2,1H3;3H,1H2,2H3;2*1-2H3;1-2H2. The molecule has 0 atom stereocenters. The topological polar surface area (TPSA) is 6.48 Å². The van der Waals surface area contributed by atoms with Crippen LogP contribution in [0.5, 0.6) is 0 Å². The number of anilines is 1. The van der Waals surface area contributed by atoms with Crippen LogP contribution in [0.2, 0.25) is 5.02 Å². The maximum absolute atomic E-state index is 6.02. The third kappa shape index (κ3) is 15.0. The Balaban J connectivity index is -0.000000509. The molecule has 0 saturated carbocycles. The number of unbranched alkanes of at least 4 members (excludes halogenated alkanes) is 1. The second-order valence-electron chi connectivity index (χ2n) is 5.07. The molecule has 2 nitrogen and oxygen atoms in total. The fraction of sp³-hybridized carbons (Fsp3) is 0.565. The molecule has 152 valence electrons. The summed E-state index contributed by atoms with van der Waals surface area (Å²) in [4.78, 5) is 4.98. The summed E-state index contributed by atoms with van der Waals surface area (Å²) in [6, 6.07) is 8.17. The fourth-order valence-electron chi connectivity index (χ4n) is 2.28. The van der Waals surface area contributed by atoms with Crippen molar-refractivity contribution in [3.63, 3.8) is 0 Å². The van der Waals surface area contributed by atoms with E-state index in [4.69, 9.17) is 11.6 Å². The van der Waals surface area contributed by atoms with Crippen LogP contribution in [-0.4, -0.2) is 37.6 Å². The van der Waals surface area contributed by atoms with Gasteiger partial charge in [0.1, 0.15) is 0 Å². The number of hydrogen-bond donors (Lipinski definition) is 0. The SMILES string of the molecule is C=C.C=CC.CC.CC.CCCCN1CCN(c2cccc(Cl)c2)CC1. The zero-order valence-corrected chi connectivity index (χ0v) is 19.0. The van der Waals surface area contributed by atoms with Gasteiger partial charge in [-0.05, 0) is 38.1 Å². The van der Waals surface area contributed by atoms with Crippen molar-refractivity contribution in [1.82, 2.24) is 4.90 Å². The van der Waals surface area contributed by atoms with Crippen LogP contribution in [0.1, 0.15) is 54.4 Å². The van der Waals surface area contributed by atoms with Crippen molar-refractivity contribution in [3.8, 4) is 0 Å². The van der Waals surface area contributed by atoms with Crippen molar-refractivity contribution in [2.75, 3.05) is 37.6 Å². The van der Waals surface area contributed by atoms with E-state index in [1.807, 2.05) is 46.8 Å². The predicted octanol–water partition coefficient (Wildman–Crippen LogP) is 7.31.